The molecule has 0 spiro atoms. The molecule has 1 heterocycles. The number of piperazine rings is 1. The van der Waals surface area contributed by atoms with Gasteiger partial charge in [-0.3, -0.25) is 4.90 Å². The first-order valence-corrected chi connectivity index (χ1v) is 7.65. The van der Waals surface area contributed by atoms with Crippen LogP contribution in [-0.2, 0) is 6.54 Å². The minimum absolute atomic E-state index is 0.266. The van der Waals surface area contributed by atoms with Crippen LogP contribution < -0.4 is 5.32 Å². The molecule has 0 aliphatic carbocycles. The van der Waals surface area contributed by atoms with Gasteiger partial charge in [-0.25, -0.2) is 0 Å². The summed E-state index contributed by atoms with van der Waals surface area (Å²) in [7, 11) is 0. The molecule has 112 valence electrons. The maximum Gasteiger partial charge on any atom is 0.115 e. The second kappa shape index (κ2) is 6.15. The molecule has 0 bridgehead atoms. The molecule has 1 aromatic carbocycles. The highest BCUT2D eigenvalue weighted by molar-refractivity contribution is 5.26. The molecule has 1 aliphatic rings. The second-order valence-electron chi connectivity index (χ2n) is 6.99. The van der Waals surface area contributed by atoms with Gasteiger partial charge in [0, 0.05) is 31.7 Å². The van der Waals surface area contributed by atoms with Crippen LogP contribution in [0.25, 0.3) is 0 Å². The third kappa shape index (κ3) is 3.74. The van der Waals surface area contributed by atoms with E-state index in [1.54, 1.807) is 12.1 Å². The lowest BCUT2D eigenvalue weighted by atomic mass is 9.83. The quantitative estimate of drug-likeness (QED) is 0.891. The van der Waals surface area contributed by atoms with Gasteiger partial charge in [0.25, 0.3) is 0 Å². The molecule has 20 heavy (non-hydrogen) atoms. The number of phenols is 1. The molecular formula is C17H28N2O. The van der Waals surface area contributed by atoms with Crippen LogP contribution in [0, 0.1) is 5.41 Å². The minimum atomic E-state index is 0.266. The van der Waals surface area contributed by atoms with Crippen LogP contribution >= 0.6 is 0 Å². The molecule has 1 aromatic rings. The smallest absolute Gasteiger partial charge is 0.115 e. The van der Waals surface area contributed by atoms with Crippen molar-refractivity contribution in [3.05, 3.63) is 29.8 Å². The summed E-state index contributed by atoms with van der Waals surface area (Å²) in [5.74, 6) is 0.341. The number of benzene rings is 1. The van der Waals surface area contributed by atoms with Crippen molar-refractivity contribution in [2.75, 3.05) is 13.1 Å². The Balaban J connectivity index is 2.12. The molecule has 1 saturated heterocycles. The summed E-state index contributed by atoms with van der Waals surface area (Å²) in [6, 6.07) is 8.74. The summed E-state index contributed by atoms with van der Waals surface area (Å²) in [6.45, 7) is 12.3. The first kappa shape index (κ1) is 15.3. The van der Waals surface area contributed by atoms with Gasteiger partial charge in [0.05, 0.1) is 0 Å². The fourth-order valence-corrected chi connectivity index (χ4v) is 3.02. The van der Waals surface area contributed by atoms with Crippen LogP contribution in [0.15, 0.2) is 24.3 Å². The summed E-state index contributed by atoms with van der Waals surface area (Å²) in [4.78, 5) is 2.59. The Bertz CT molecular complexity index is 422. The lowest BCUT2D eigenvalue weighted by molar-refractivity contribution is 0.0485. The lowest BCUT2D eigenvalue weighted by Gasteiger charge is -2.46. The Hall–Kier alpha value is -1.06. The predicted molar refractivity (Wildman–Crippen MR) is 83.8 cm³/mol. The first-order chi connectivity index (χ1) is 9.40. The van der Waals surface area contributed by atoms with Gasteiger partial charge >= 0.3 is 0 Å². The summed E-state index contributed by atoms with van der Waals surface area (Å²) in [5, 5.41) is 13.1. The van der Waals surface area contributed by atoms with E-state index in [0.717, 1.165) is 19.6 Å². The van der Waals surface area contributed by atoms with Crippen molar-refractivity contribution >= 4 is 0 Å². The average Bonchev–Trinajstić information content (AvgIpc) is 2.40. The minimum Gasteiger partial charge on any atom is -0.508 e. The maximum atomic E-state index is 9.40. The number of rotatable bonds is 3. The highest BCUT2D eigenvalue weighted by Gasteiger charge is 2.34. The van der Waals surface area contributed by atoms with Crippen molar-refractivity contribution in [1.82, 2.24) is 10.2 Å². The van der Waals surface area contributed by atoms with E-state index in [1.165, 1.54) is 12.0 Å². The molecule has 0 aromatic heterocycles. The third-order valence-electron chi connectivity index (χ3n) is 4.31. The van der Waals surface area contributed by atoms with Crippen molar-refractivity contribution in [1.29, 1.82) is 0 Å². The topological polar surface area (TPSA) is 35.5 Å². The molecule has 3 nitrogen and oxygen atoms in total. The highest BCUT2D eigenvalue weighted by Crippen LogP contribution is 2.28. The van der Waals surface area contributed by atoms with Gasteiger partial charge in [0.1, 0.15) is 5.75 Å². The molecule has 1 aliphatic heterocycles. The standard InChI is InChI=1S/C17H28N2O/c1-5-14-12-19(16(10-18-14)17(2,3)4)11-13-6-8-15(20)9-7-13/h6-9,14,16,18,20H,5,10-12H2,1-4H3. The van der Waals surface area contributed by atoms with Gasteiger partial charge in [0.15, 0.2) is 0 Å². The van der Waals surface area contributed by atoms with E-state index in [2.05, 4.69) is 37.9 Å². The van der Waals surface area contributed by atoms with E-state index >= 15 is 0 Å². The monoisotopic (exact) mass is 276 g/mol. The van der Waals surface area contributed by atoms with Crippen LogP contribution in [0.5, 0.6) is 5.75 Å². The fraction of sp³-hybridized carbons (Fsp3) is 0.647. The number of nitrogens with one attached hydrogen (secondary N) is 1. The molecular weight excluding hydrogens is 248 g/mol. The third-order valence-corrected chi connectivity index (χ3v) is 4.31. The van der Waals surface area contributed by atoms with Crippen molar-refractivity contribution in [2.45, 2.75) is 52.7 Å². The fourth-order valence-electron chi connectivity index (χ4n) is 3.02. The Labute approximate surface area is 123 Å². The average molecular weight is 276 g/mol. The van der Waals surface area contributed by atoms with Gasteiger partial charge < -0.3 is 10.4 Å². The largest absolute Gasteiger partial charge is 0.508 e. The van der Waals surface area contributed by atoms with Crippen LogP contribution in [0.3, 0.4) is 0 Å². The Morgan fingerprint density at radius 2 is 1.90 bits per heavy atom. The van der Waals surface area contributed by atoms with Gasteiger partial charge in [-0.2, -0.15) is 0 Å². The van der Waals surface area contributed by atoms with Crippen molar-refractivity contribution in [3.8, 4) is 5.75 Å². The van der Waals surface area contributed by atoms with Crippen molar-refractivity contribution < 1.29 is 5.11 Å². The molecule has 2 unspecified atom stereocenters. The Morgan fingerprint density at radius 3 is 2.45 bits per heavy atom. The molecule has 2 rings (SSSR count). The van der Waals surface area contributed by atoms with Crippen LogP contribution in [0.2, 0.25) is 0 Å². The van der Waals surface area contributed by atoms with Gasteiger partial charge in [-0.05, 0) is 29.5 Å². The van der Waals surface area contributed by atoms with Crippen LogP contribution in [0.1, 0.15) is 39.7 Å². The van der Waals surface area contributed by atoms with Gasteiger partial charge in [-0.1, -0.05) is 39.8 Å². The zero-order chi connectivity index (χ0) is 14.8. The SMILES string of the molecule is CCC1CN(Cc2ccc(O)cc2)C(C(C)(C)C)CN1. The second-order valence-corrected chi connectivity index (χ2v) is 6.99. The van der Waals surface area contributed by atoms with E-state index in [-0.39, 0.29) is 5.41 Å². The zero-order valence-electron chi connectivity index (χ0n) is 13.2. The van der Waals surface area contributed by atoms with Crippen molar-refractivity contribution in [2.24, 2.45) is 5.41 Å². The lowest BCUT2D eigenvalue weighted by Crippen LogP contribution is -2.59. The Kier molecular flexibility index (Phi) is 4.71. The zero-order valence-corrected chi connectivity index (χ0v) is 13.2. The van der Waals surface area contributed by atoms with E-state index < -0.39 is 0 Å². The molecule has 2 N–H and O–H groups in total. The van der Waals surface area contributed by atoms with E-state index in [0.29, 0.717) is 17.8 Å². The number of phenolic OH excluding ortho intramolecular Hbond substituents is 1. The number of hydrogen-bond donors (Lipinski definition) is 2. The number of nitrogens with zero attached hydrogens (tertiary/aromatic N) is 1. The first-order valence-electron chi connectivity index (χ1n) is 7.65. The van der Waals surface area contributed by atoms with Gasteiger partial charge in [-0.15, -0.1) is 0 Å². The number of aromatic hydroxyl groups is 1. The molecule has 2 atom stereocenters. The molecule has 0 amide bonds. The maximum absolute atomic E-state index is 9.40. The number of hydrogen-bond acceptors (Lipinski definition) is 3. The van der Waals surface area contributed by atoms with Crippen LogP contribution in [-0.4, -0.2) is 35.2 Å². The summed E-state index contributed by atoms with van der Waals surface area (Å²) >= 11 is 0. The van der Waals surface area contributed by atoms with Crippen molar-refractivity contribution in [3.63, 3.8) is 0 Å². The van der Waals surface area contributed by atoms with Gasteiger partial charge in [0.2, 0.25) is 0 Å². The molecule has 1 fully saturated rings. The highest BCUT2D eigenvalue weighted by atomic mass is 16.3. The molecule has 0 radical (unpaired) electrons. The van der Waals surface area contributed by atoms with E-state index in [4.69, 9.17) is 0 Å². The van der Waals surface area contributed by atoms with Crippen LogP contribution in [0.4, 0.5) is 0 Å². The molecule has 0 saturated carbocycles. The summed E-state index contributed by atoms with van der Waals surface area (Å²) in [5.41, 5.74) is 1.54. The molecule has 3 heteroatoms. The normalized spacial score (nSPS) is 24.8. The van der Waals surface area contributed by atoms with E-state index in [9.17, 15) is 5.11 Å². The Morgan fingerprint density at radius 1 is 1.25 bits per heavy atom. The van der Waals surface area contributed by atoms with E-state index in [1.807, 2.05) is 12.1 Å². The summed E-state index contributed by atoms with van der Waals surface area (Å²) < 4.78 is 0. The predicted octanol–water partition coefficient (Wildman–Crippen LogP) is 2.99. The summed E-state index contributed by atoms with van der Waals surface area (Å²) in [6.07, 6.45) is 1.17.